The molecule has 6 nitrogen and oxygen atoms in total. The molecule has 2 aromatic carbocycles. The van der Waals surface area contributed by atoms with Gasteiger partial charge in [0.15, 0.2) is 5.75 Å². The number of esters is 1. The summed E-state index contributed by atoms with van der Waals surface area (Å²) in [4.78, 5) is 21.5. The second kappa shape index (κ2) is 7.40. The Morgan fingerprint density at radius 1 is 1.17 bits per heavy atom. The molecule has 0 unspecified atom stereocenters. The van der Waals surface area contributed by atoms with Crippen molar-refractivity contribution < 1.29 is 19.6 Å². The number of carbonyl (C=O) groups excluding carboxylic acids is 1. The Hall–Kier alpha value is -2.89. The molecule has 0 saturated carbocycles. The molecule has 6 heteroatoms. The molecular formula is C17H17NO5. The Morgan fingerprint density at radius 2 is 1.87 bits per heavy atom. The van der Waals surface area contributed by atoms with Crippen LogP contribution in [0.4, 0.5) is 5.69 Å². The maximum atomic E-state index is 11.3. The van der Waals surface area contributed by atoms with E-state index < -0.39 is 4.92 Å². The van der Waals surface area contributed by atoms with Crippen LogP contribution in [-0.2, 0) is 17.6 Å². The summed E-state index contributed by atoms with van der Waals surface area (Å²) in [6.45, 7) is 0. The van der Waals surface area contributed by atoms with Gasteiger partial charge in [0.25, 0.3) is 0 Å². The van der Waals surface area contributed by atoms with Crippen LogP contribution in [0.25, 0.3) is 0 Å². The number of phenolic OH excluding ortho intramolecular Hbond substituents is 1. The highest BCUT2D eigenvalue weighted by molar-refractivity contribution is 5.89. The summed E-state index contributed by atoms with van der Waals surface area (Å²) < 4.78 is 4.64. The number of methoxy groups -OCH3 is 1. The van der Waals surface area contributed by atoms with E-state index in [1.54, 1.807) is 24.3 Å². The van der Waals surface area contributed by atoms with Gasteiger partial charge in [-0.15, -0.1) is 0 Å². The minimum atomic E-state index is -0.593. The number of rotatable bonds is 6. The fourth-order valence-electron chi connectivity index (χ4n) is 2.34. The van der Waals surface area contributed by atoms with Crippen molar-refractivity contribution in [2.45, 2.75) is 19.3 Å². The number of phenols is 1. The van der Waals surface area contributed by atoms with Gasteiger partial charge in [-0.05, 0) is 37.0 Å². The lowest BCUT2D eigenvalue weighted by molar-refractivity contribution is -0.385. The molecule has 23 heavy (non-hydrogen) atoms. The first-order chi connectivity index (χ1) is 11.0. The van der Waals surface area contributed by atoms with Gasteiger partial charge in [0.05, 0.1) is 17.6 Å². The number of carbonyl (C=O) groups is 1. The first-order valence-corrected chi connectivity index (χ1v) is 7.15. The number of hydrogen-bond acceptors (Lipinski definition) is 5. The van der Waals surface area contributed by atoms with Crippen molar-refractivity contribution in [2.75, 3.05) is 7.11 Å². The van der Waals surface area contributed by atoms with Crippen molar-refractivity contribution in [3.8, 4) is 5.75 Å². The van der Waals surface area contributed by atoms with Crippen LogP contribution >= 0.6 is 0 Å². The van der Waals surface area contributed by atoms with E-state index in [4.69, 9.17) is 0 Å². The number of nitro benzene ring substituents is 1. The Kier molecular flexibility index (Phi) is 5.30. The number of nitrogens with zero attached hydrogens (tertiary/aromatic N) is 1. The van der Waals surface area contributed by atoms with E-state index in [0.29, 0.717) is 17.5 Å². The maximum Gasteiger partial charge on any atom is 0.337 e. The molecule has 0 aliphatic heterocycles. The van der Waals surface area contributed by atoms with Crippen LogP contribution in [0.3, 0.4) is 0 Å². The minimum Gasteiger partial charge on any atom is -0.502 e. The molecule has 0 aliphatic rings. The van der Waals surface area contributed by atoms with E-state index in [0.717, 1.165) is 18.4 Å². The van der Waals surface area contributed by atoms with Gasteiger partial charge in [-0.1, -0.05) is 24.3 Å². The van der Waals surface area contributed by atoms with Gasteiger partial charge in [0, 0.05) is 11.6 Å². The Balaban J connectivity index is 1.96. The highest BCUT2D eigenvalue weighted by Gasteiger charge is 2.15. The molecule has 0 atom stereocenters. The number of hydrogen-bond donors (Lipinski definition) is 1. The van der Waals surface area contributed by atoms with Crippen molar-refractivity contribution in [3.63, 3.8) is 0 Å². The van der Waals surface area contributed by atoms with Crippen molar-refractivity contribution in [3.05, 3.63) is 69.3 Å². The molecule has 0 aliphatic carbocycles. The van der Waals surface area contributed by atoms with Crippen molar-refractivity contribution in [2.24, 2.45) is 0 Å². The summed E-state index contributed by atoms with van der Waals surface area (Å²) >= 11 is 0. The predicted octanol–water partition coefficient (Wildman–Crippen LogP) is 3.26. The predicted molar refractivity (Wildman–Crippen MR) is 84.6 cm³/mol. The summed E-state index contributed by atoms with van der Waals surface area (Å²) in [5, 5.41) is 20.7. The van der Waals surface area contributed by atoms with E-state index >= 15 is 0 Å². The second-order valence-electron chi connectivity index (χ2n) is 5.08. The quantitative estimate of drug-likeness (QED) is 0.502. The second-order valence-corrected chi connectivity index (χ2v) is 5.08. The van der Waals surface area contributed by atoms with E-state index in [-0.39, 0.29) is 17.4 Å². The van der Waals surface area contributed by atoms with Crippen molar-refractivity contribution in [1.29, 1.82) is 0 Å². The first kappa shape index (κ1) is 16.5. The third-order valence-electron chi connectivity index (χ3n) is 3.58. The molecule has 0 amide bonds. The number of ether oxygens (including phenoxy) is 1. The lowest BCUT2D eigenvalue weighted by Crippen LogP contribution is -2.01. The summed E-state index contributed by atoms with van der Waals surface area (Å²) in [6.07, 6.45) is 2.00. The summed E-state index contributed by atoms with van der Waals surface area (Å²) in [5.41, 5.74) is 1.82. The number of aromatic hydroxyl groups is 1. The van der Waals surface area contributed by atoms with Crippen molar-refractivity contribution in [1.82, 2.24) is 0 Å². The maximum absolute atomic E-state index is 11.3. The number of aryl methyl sites for hydroxylation is 2. The van der Waals surface area contributed by atoms with Gasteiger partial charge < -0.3 is 9.84 Å². The lowest BCUT2D eigenvalue weighted by Gasteiger charge is -2.06. The van der Waals surface area contributed by atoms with Gasteiger partial charge in [0.1, 0.15) is 0 Å². The van der Waals surface area contributed by atoms with Gasteiger partial charge in [-0.2, -0.15) is 0 Å². The van der Waals surface area contributed by atoms with Crippen LogP contribution in [0.5, 0.6) is 5.75 Å². The molecule has 2 rings (SSSR count). The zero-order chi connectivity index (χ0) is 16.8. The molecule has 2 aromatic rings. The van der Waals surface area contributed by atoms with Crippen LogP contribution in [-0.4, -0.2) is 23.1 Å². The Morgan fingerprint density at radius 3 is 2.48 bits per heavy atom. The van der Waals surface area contributed by atoms with Gasteiger partial charge in [-0.3, -0.25) is 10.1 Å². The third kappa shape index (κ3) is 4.06. The molecule has 120 valence electrons. The zero-order valence-electron chi connectivity index (χ0n) is 12.7. The van der Waals surface area contributed by atoms with Crippen LogP contribution in [0.15, 0.2) is 42.5 Å². The molecule has 0 heterocycles. The zero-order valence-corrected chi connectivity index (χ0v) is 12.7. The molecule has 0 radical (unpaired) electrons. The van der Waals surface area contributed by atoms with E-state index in [1.165, 1.54) is 13.2 Å². The highest BCUT2D eigenvalue weighted by Crippen LogP contribution is 2.30. The van der Waals surface area contributed by atoms with Gasteiger partial charge in [0.2, 0.25) is 0 Å². The monoisotopic (exact) mass is 315 g/mol. The van der Waals surface area contributed by atoms with Crippen LogP contribution in [0, 0.1) is 10.1 Å². The van der Waals surface area contributed by atoms with Crippen LogP contribution in [0.2, 0.25) is 0 Å². The molecule has 0 aromatic heterocycles. The number of para-hydroxylation sites is 1. The standard InChI is InChI=1S/C17H17NO5/c1-23-17(20)14-10-8-12(9-11-14)4-2-5-13-6-3-7-15(16(13)19)18(21)22/h3,6-11,19H,2,4-5H2,1H3. The highest BCUT2D eigenvalue weighted by atomic mass is 16.6. The Bertz CT molecular complexity index is 709. The molecule has 0 saturated heterocycles. The lowest BCUT2D eigenvalue weighted by atomic mass is 10.0. The molecule has 0 fully saturated rings. The van der Waals surface area contributed by atoms with E-state index in [2.05, 4.69) is 4.74 Å². The number of benzene rings is 2. The first-order valence-electron chi connectivity index (χ1n) is 7.15. The normalized spacial score (nSPS) is 10.3. The van der Waals surface area contributed by atoms with Crippen molar-refractivity contribution >= 4 is 11.7 Å². The van der Waals surface area contributed by atoms with Crippen LogP contribution in [0.1, 0.15) is 27.9 Å². The minimum absolute atomic E-state index is 0.265. The average molecular weight is 315 g/mol. The third-order valence-corrected chi connectivity index (χ3v) is 3.58. The average Bonchev–Trinajstić information content (AvgIpc) is 2.56. The van der Waals surface area contributed by atoms with Gasteiger partial charge >= 0.3 is 11.7 Å². The molecular weight excluding hydrogens is 298 g/mol. The molecule has 0 spiro atoms. The largest absolute Gasteiger partial charge is 0.502 e. The smallest absolute Gasteiger partial charge is 0.337 e. The SMILES string of the molecule is COC(=O)c1ccc(CCCc2cccc([N+](=O)[O-])c2O)cc1. The van der Waals surface area contributed by atoms with E-state index in [9.17, 15) is 20.0 Å². The summed E-state index contributed by atoms with van der Waals surface area (Å²) in [5.74, 6) is -0.642. The topological polar surface area (TPSA) is 89.7 Å². The summed E-state index contributed by atoms with van der Waals surface area (Å²) in [7, 11) is 1.34. The fourth-order valence-corrected chi connectivity index (χ4v) is 2.34. The molecule has 1 N–H and O–H groups in total. The van der Waals surface area contributed by atoms with Crippen LogP contribution < -0.4 is 0 Å². The van der Waals surface area contributed by atoms with Gasteiger partial charge in [-0.25, -0.2) is 4.79 Å². The fraction of sp³-hybridized carbons (Fsp3) is 0.235. The number of nitro groups is 1. The van der Waals surface area contributed by atoms with E-state index in [1.807, 2.05) is 12.1 Å². The molecule has 0 bridgehead atoms. The summed E-state index contributed by atoms with van der Waals surface area (Å²) in [6, 6.07) is 11.6. The Labute approximate surface area is 133 Å².